The standard InChI is InChI=1S/C13H17NO4/c1-8(9(2)15)14-13(16)11-6-5-10(17-3)7-12(11)18-4/h5-8H,1-4H3,(H,14,16). The summed E-state index contributed by atoms with van der Waals surface area (Å²) in [5, 5.41) is 2.60. The maximum atomic E-state index is 12.0. The van der Waals surface area contributed by atoms with E-state index in [0.717, 1.165) is 0 Å². The predicted octanol–water partition coefficient (Wildman–Crippen LogP) is 1.41. The lowest BCUT2D eigenvalue weighted by atomic mass is 10.1. The molecule has 0 saturated heterocycles. The minimum atomic E-state index is -0.524. The minimum absolute atomic E-state index is 0.101. The van der Waals surface area contributed by atoms with Crippen LogP contribution in [0.25, 0.3) is 0 Å². The molecular formula is C13H17NO4. The molecule has 0 heterocycles. The molecular weight excluding hydrogens is 234 g/mol. The number of rotatable bonds is 5. The van der Waals surface area contributed by atoms with Gasteiger partial charge in [-0.2, -0.15) is 0 Å². The van der Waals surface area contributed by atoms with Crippen LogP contribution in [-0.2, 0) is 4.79 Å². The molecule has 98 valence electrons. The van der Waals surface area contributed by atoms with Crippen molar-refractivity contribution in [3.8, 4) is 11.5 Å². The number of ketones is 1. The second-order valence-corrected chi connectivity index (χ2v) is 3.87. The van der Waals surface area contributed by atoms with E-state index in [9.17, 15) is 9.59 Å². The minimum Gasteiger partial charge on any atom is -0.497 e. The molecule has 1 rings (SSSR count). The fourth-order valence-corrected chi connectivity index (χ4v) is 1.36. The first-order valence-corrected chi connectivity index (χ1v) is 5.53. The number of carbonyl (C=O) groups is 2. The Labute approximate surface area is 106 Å². The largest absolute Gasteiger partial charge is 0.497 e. The number of amides is 1. The smallest absolute Gasteiger partial charge is 0.255 e. The van der Waals surface area contributed by atoms with Gasteiger partial charge in [-0.25, -0.2) is 0 Å². The van der Waals surface area contributed by atoms with Gasteiger partial charge in [0.2, 0.25) is 0 Å². The molecule has 18 heavy (non-hydrogen) atoms. The van der Waals surface area contributed by atoms with E-state index in [-0.39, 0.29) is 11.7 Å². The molecule has 0 aliphatic heterocycles. The first kappa shape index (κ1) is 14.0. The zero-order valence-corrected chi connectivity index (χ0v) is 10.9. The molecule has 0 aromatic heterocycles. The van der Waals surface area contributed by atoms with E-state index in [1.54, 1.807) is 25.1 Å². The highest BCUT2D eigenvalue weighted by Gasteiger charge is 2.17. The number of benzene rings is 1. The quantitative estimate of drug-likeness (QED) is 0.859. The third-order valence-corrected chi connectivity index (χ3v) is 2.61. The number of methoxy groups -OCH3 is 2. The predicted molar refractivity (Wildman–Crippen MR) is 67.2 cm³/mol. The van der Waals surface area contributed by atoms with Gasteiger partial charge >= 0.3 is 0 Å². The van der Waals surface area contributed by atoms with Crippen LogP contribution in [0.15, 0.2) is 18.2 Å². The van der Waals surface area contributed by atoms with Crippen molar-refractivity contribution in [1.82, 2.24) is 5.32 Å². The zero-order valence-electron chi connectivity index (χ0n) is 10.9. The van der Waals surface area contributed by atoms with Crippen LogP contribution < -0.4 is 14.8 Å². The van der Waals surface area contributed by atoms with Crippen LogP contribution in [-0.4, -0.2) is 32.0 Å². The Morgan fingerprint density at radius 2 is 1.89 bits per heavy atom. The van der Waals surface area contributed by atoms with Gasteiger partial charge < -0.3 is 14.8 Å². The van der Waals surface area contributed by atoms with Gasteiger partial charge in [0, 0.05) is 6.07 Å². The lowest BCUT2D eigenvalue weighted by molar-refractivity contribution is -0.118. The maximum absolute atomic E-state index is 12.0. The van der Waals surface area contributed by atoms with Crippen molar-refractivity contribution in [3.63, 3.8) is 0 Å². The highest BCUT2D eigenvalue weighted by Crippen LogP contribution is 2.24. The van der Waals surface area contributed by atoms with Crippen LogP contribution in [0.2, 0.25) is 0 Å². The van der Waals surface area contributed by atoms with Crippen LogP contribution in [0.5, 0.6) is 11.5 Å². The summed E-state index contributed by atoms with van der Waals surface area (Å²) in [4.78, 5) is 23.1. The SMILES string of the molecule is COc1ccc(C(=O)NC(C)C(C)=O)c(OC)c1. The average molecular weight is 251 g/mol. The van der Waals surface area contributed by atoms with E-state index in [1.807, 2.05) is 0 Å². The van der Waals surface area contributed by atoms with Crippen molar-refractivity contribution < 1.29 is 19.1 Å². The second kappa shape index (κ2) is 6.05. The summed E-state index contributed by atoms with van der Waals surface area (Å²) in [6.45, 7) is 3.06. The molecule has 0 radical (unpaired) electrons. The van der Waals surface area contributed by atoms with Gasteiger partial charge in [0.1, 0.15) is 11.5 Å². The van der Waals surface area contributed by atoms with Crippen LogP contribution in [0, 0.1) is 0 Å². The van der Waals surface area contributed by atoms with Gasteiger partial charge in [0.25, 0.3) is 5.91 Å². The lowest BCUT2D eigenvalue weighted by Gasteiger charge is -2.13. The van der Waals surface area contributed by atoms with Crippen molar-refractivity contribution in [2.45, 2.75) is 19.9 Å². The summed E-state index contributed by atoms with van der Waals surface area (Å²) in [5.41, 5.74) is 0.367. The Kier molecular flexibility index (Phi) is 4.71. The van der Waals surface area contributed by atoms with Gasteiger partial charge in [-0.3, -0.25) is 9.59 Å². The van der Waals surface area contributed by atoms with E-state index in [4.69, 9.17) is 9.47 Å². The topological polar surface area (TPSA) is 64.6 Å². The highest BCUT2D eigenvalue weighted by atomic mass is 16.5. The van der Waals surface area contributed by atoms with E-state index in [1.165, 1.54) is 21.1 Å². The Morgan fingerprint density at radius 1 is 1.22 bits per heavy atom. The number of carbonyl (C=O) groups excluding carboxylic acids is 2. The van der Waals surface area contributed by atoms with E-state index in [0.29, 0.717) is 17.1 Å². The van der Waals surface area contributed by atoms with Gasteiger partial charge in [-0.15, -0.1) is 0 Å². The number of hydrogen-bond donors (Lipinski definition) is 1. The number of ether oxygens (including phenoxy) is 2. The van der Waals surface area contributed by atoms with Gasteiger partial charge in [-0.05, 0) is 26.0 Å². The molecule has 0 aliphatic rings. The number of nitrogens with one attached hydrogen (secondary N) is 1. The first-order chi connectivity index (χ1) is 8.49. The normalized spacial score (nSPS) is 11.6. The summed E-state index contributed by atoms with van der Waals surface area (Å²) in [7, 11) is 3.01. The summed E-state index contributed by atoms with van der Waals surface area (Å²) < 4.78 is 10.2. The Balaban J connectivity index is 2.95. The Morgan fingerprint density at radius 3 is 2.39 bits per heavy atom. The van der Waals surface area contributed by atoms with Crippen molar-refractivity contribution in [1.29, 1.82) is 0 Å². The van der Waals surface area contributed by atoms with E-state index in [2.05, 4.69) is 5.32 Å². The van der Waals surface area contributed by atoms with E-state index >= 15 is 0 Å². The Bertz CT molecular complexity index is 456. The maximum Gasteiger partial charge on any atom is 0.255 e. The highest BCUT2D eigenvalue weighted by molar-refractivity contribution is 5.99. The van der Waals surface area contributed by atoms with Crippen molar-refractivity contribution >= 4 is 11.7 Å². The fraction of sp³-hybridized carbons (Fsp3) is 0.385. The summed E-state index contributed by atoms with van der Waals surface area (Å²) >= 11 is 0. The fourth-order valence-electron chi connectivity index (χ4n) is 1.36. The summed E-state index contributed by atoms with van der Waals surface area (Å²) in [6.07, 6.45) is 0. The van der Waals surface area contributed by atoms with Crippen LogP contribution >= 0.6 is 0 Å². The van der Waals surface area contributed by atoms with Gasteiger partial charge in [0.15, 0.2) is 5.78 Å². The molecule has 0 fully saturated rings. The molecule has 1 unspecified atom stereocenters. The van der Waals surface area contributed by atoms with E-state index < -0.39 is 6.04 Å². The molecule has 0 aliphatic carbocycles. The number of Topliss-reactive ketones (excluding diaryl/α,β-unsaturated/α-hetero) is 1. The van der Waals surface area contributed by atoms with Crippen molar-refractivity contribution in [3.05, 3.63) is 23.8 Å². The zero-order chi connectivity index (χ0) is 13.7. The van der Waals surface area contributed by atoms with Crippen molar-refractivity contribution in [2.24, 2.45) is 0 Å². The third kappa shape index (κ3) is 3.23. The molecule has 5 heteroatoms. The lowest BCUT2D eigenvalue weighted by Crippen LogP contribution is -2.37. The molecule has 1 N–H and O–H groups in total. The molecule has 1 atom stereocenters. The van der Waals surface area contributed by atoms with Gasteiger partial charge in [0.05, 0.1) is 25.8 Å². The molecule has 1 amide bonds. The third-order valence-electron chi connectivity index (χ3n) is 2.61. The molecule has 0 spiro atoms. The molecule has 1 aromatic rings. The molecule has 5 nitrogen and oxygen atoms in total. The average Bonchev–Trinajstić information content (AvgIpc) is 2.37. The van der Waals surface area contributed by atoms with Gasteiger partial charge in [-0.1, -0.05) is 0 Å². The van der Waals surface area contributed by atoms with Crippen LogP contribution in [0.4, 0.5) is 0 Å². The Hall–Kier alpha value is -2.04. The monoisotopic (exact) mass is 251 g/mol. The van der Waals surface area contributed by atoms with Crippen LogP contribution in [0.3, 0.4) is 0 Å². The number of hydrogen-bond acceptors (Lipinski definition) is 4. The molecule has 0 saturated carbocycles. The first-order valence-electron chi connectivity index (χ1n) is 5.53. The van der Waals surface area contributed by atoms with Crippen LogP contribution in [0.1, 0.15) is 24.2 Å². The molecule has 0 bridgehead atoms. The summed E-state index contributed by atoms with van der Waals surface area (Å²) in [5.74, 6) is 0.554. The summed E-state index contributed by atoms with van der Waals surface area (Å²) in [6, 6.07) is 4.35. The molecule has 1 aromatic carbocycles. The van der Waals surface area contributed by atoms with Crippen molar-refractivity contribution in [2.75, 3.05) is 14.2 Å². The second-order valence-electron chi connectivity index (χ2n) is 3.87.